The van der Waals surface area contributed by atoms with Gasteiger partial charge in [0.05, 0.1) is 34.3 Å². The lowest BCUT2D eigenvalue weighted by Gasteiger charge is -2.14. The second-order valence-electron chi connectivity index (χ2n) is 9.79. The summed E-state index contributed by atoms with van der Waals surface area (Å²) in [6, 6.07) is 11.2. The number of carbonyl (C=O) groups excluding carboxylic acids is 3. The minimum Gasteiger partial charge on any atom is -0.483 e. The molecule has 0 aliphatic rings. The summed E-state index contributed by atoms with van der Waals surface area (Å²) in [5, 5.41) is 11.7. The van der Waals surface area contributed by atoms with Gasteiger partial charge in [-0.3, -0.25) is 9.59 Å². The van der Waals surface area contributed by atoms with Gasteiger partial charge in [0.2, 0.25) is 0 Å². The number of halogens is 4. The Hall–Kier alpha value is -4.61. The first-order valence-corrected chi connectivity index (χ1v) is 14.6. The molecule has 2 amide bonds. The van der Waals surface area contributed by atoms with Gasteiger partial charge in [-0.1, -0.05) is 25.4 Å². The predicted molar refractivity (Wildman–Crippen MR) is 153 cm³/mol. The quantitative estimate of drug-likeness (QED) is 0.259. The zero-order valence-corrected chi connectivity index (χ0v) is 25.0. The molecular weight excluding hydrogens is 627 g/mol. The lowest BCUT2D eigenvalue weighted by molar-refractivity contribution is -0.137. The number of hydrogen-bond acceptors (Lipinski definition) is 8. The Morgan fingerprint density at radius 3 is 2.36 bits per heavy atom. The maximum atomic E-state index is 13.3. The molecule has 0 atom stereocenters. The molecule has 3 aromatic carbocycles. The van der Waals surface area contributed by atoms with Crippen LogP contribution >= 0.6 is 11.6 Å². The largest absolute Gasteiger partial charge is 0.483 e. The van der Waals surface area contributed by atoms with E-state index in [2.05, 4.69) is 5.32 Å². The number of nitrogens with zero attached hydrogens (tertiary/aromatic N) is 1. The molecule has 15 heteroatoms. The molecule has 3 rings (SSSR count). The molecule has 0 spiro atoms. The summed E-state index contributed by atoms with van der Waals surface area (Å²) in [7, 11) is -4.26. The lowest BCUT2D eigenvalue weighted by Crippen LogP contribution is -2.32. The molecule has 0 radical (unpaired) electrons. The van der Waals surface area contributed by atoms with E-state index in [1.54, 1.807) is 24.6 Å². The maximum absolute atomic E-state index is 13.3. The first kappa shape index (κ1) is 33.9. The molecule has 0 fully saturated rings. The molecule has 3 aromatic rings. The Balaban J connectivity index is 1.74. The summed E-state index contributed by atoms with van der Waals surface area (Å²) < 4.78 is 77.1. The van der Waals surface area contributed by atoms with E-state index < -0.39 is 51.7 Å². The van der Waals surface area contributed by atoms with Crippen LogP contribution in [0.25, 0.3) is 0 Å². The molecule has 0 aromatic heterocycles. The Bertz CT molecular complexity index is 1750. The van der Waals surface area contributed by atoms with Gasteiger partial charge in [-0.25, -0.2) is 17.9 Å². The topological polar surface area (TPSA) is 152 Å². The summed E-state index contributed by atoms with van der Waals surface area (Å²) >= 11 is 6.01. The Labute approximate surface area is 255 Å². The van der Waals surface area contributed by atoms with Gasteiger partial charge in [-0.2, -0.15) is 18.4 Å². The van der Waals surface area contributed by atoms with Crippen LogP contribution < -0.4 is 14.8 Å². The molecule has 0 saturated heterocycles. The van der Waals surface area contributed by atoms with Gasteiger partial charge < -0.3 is 14.8 Å². The SMILES string of the molecule is Cc1cc(S(=O)(=O)NC(=O)OCC(C)C)ccc1NC(=O)COc1ccc(Cl)cc1C(=O)c1cc(C#N)cc(C(F)(F)F)c1. The van der Waals surface area contributed by atoms with Crippen LogP contribution in [0.1, 0.15) is 46.5 Å². The highest BCUT2D eigenvalue weighted by atomic mass is 35.5. The van der Waals surface area contributed by atoms with Crippen LogP contribution in [0.4, 0.5) is 23.7 Å². The van der Waals surface area contributed by atoms with Crippen molar-refractivity contribution in [3.63, 3.8) is 0 Å². The standard InChI is InChI=1S/C29H25ClF3N3O7S/c1-16(2)14-43-28(39)36-44(40,41)22-5-6-24(17(3)8-22)35-26(37)15-42-25-7-4-21(30)12-23(25)27(38)19-9-18(13-34)10-20(11-19)29(31,32)33/h4-12,16H,14-15H2,1-3H3,(H,35,37)(H,36,39). The number of carbonyl (C=O) groups is 3. The number of alkyl halides is 3. The third-order valence-electron chi connectivity index (χ3n) is 5.74. The molecule has 44 heavy (non-hydrogen) atoms. The number of rotatable bonds is 10. The minimum atomic E-state index is -4.82. The fourth-order valence-corrected chi connectivity index (χ4v) is 4.81. The molecule has 0 aliphatic carbocycles. The maximum Gasteiger partial charge on any atom is 0.421 e. The highest BCUT2D eigenvalue weighted by Crippen LogP contribution is 2.32. The van der Waals surface area contributed by atoms with Crippen LogP contribution in [0.3, 0.4) is 0 Å². The molecule has 0 heterocycles. The Morgan fingerprint density at radius 2 is 1.75 bits per heavy atom. The lowest BCUT2D eigenvalue weighted by atomic mass is 9.98. The van der Waals surface area contributed by atoms with Gasteiger partial charge in [0.1, 0.15) is 5.75 Å². The number of benzene rings is 3. The van der Waals surface area contributed by atoms with E-state index in [9.17, 15) is 36.0 Å². The first-order valence-electron chi connectivity index (χ1n) is 12.7. The number of amides is 2. The average Bonchev–Trinajstić information content (AvgIpc) is 2.95. The summed E-state index contributed by atoms with van der Waals surface area (Å²) in [6.45, 7) is 4.43. The third-order valence-corrected chi connectivity index (χ3v) is 7.29. The molecule has 10 nitrogen and oxygen atoms in total. The van der Waals surface area contributed by atoms with Crippen molar-refractivity contribution in [1.82, 2.24) is 4.72 Å². The monoisotopic (exact) mass is 651 g/mol. The highest BCUT2D eigenvalue weighted by molar-refractivity contribution is 7.90. The van der Waals surface area contributed by atoms with Crippen molar-refractivity contribution < 1.29 is 45.4 Å². The van der Waals surface area contributed by atoms with Gasteiger partial charge in [-0.05, 0) is 73.0 Å². The van der Waals surface area contributed by atoms with E-state index in [1.165, 1.54) is 31.2 Å². The van der Waals surface area contributed by atoms with Crippen molar-refractivity contribution in [2.75, 3.05) is 18.5 Å². The summed E-state index contributed by atoms with van der Waals surface area (Å²) in [5.41, 5.74) is -1.75. The van der Waals surface area contributed by atoms with Crippen LogP contribution in [-0.4, -0.2) is 39.4 Å². The second kappa shape index (κ2) is 13.8. The van der Waals surface area contributed by atoms with Gasteiger partial charge in [0, 0.05) is 16.3 Å². The summed E-state index contributed by atoms with van der Waals surface area (Å²) in [4.78, 5) is 37.4. The minimum absolute atomic E-state index is 0.00249. The normalized spacial score (nSPS) is 11.4. The molecule has 0 unspecified atom stereocenters. The van der Waals surface area contributed by atoms with Gasteiger partial charge in [-0.15, -0.1) is 0 Å². The first-order chi connectivity index (χ1) is 20.5. The van der Waals surface area contributed by atoms with E-state index in [-0.39, 0.29) is 45.0 Å². The van der Waals surface area contributed by atoms with Crippen molar-refractivity contribution in [3.05, 3.63) is 87.4 Å². The van der Waals surface area contributed by atoms with Crippen LogP contribution in [0.2, 0.25) is 5.02 Å². The van der Waals surface area contributed by atoms with Gasteiger partial charge in [0.25, 0.3) is 15.9 Å². The second-order valence-corrected chi connectivity index (χ2v) is 11.9. The predicted octanol–water partition coefficient (Wildman–Crippen LogP) is 5.86. The molecule has 2 N–H and O–H groups in total. The number of nitrogens with one attached hydrogen (secondary N) is 2. The van der Waals surface area contributed by atoms with Crippen LogP contribution in [0.5, 0.6) is 5.75 Å². The zero-order chi connectivity index (χ0) is 32.8. The molecule has 0 aliphatic heterocycles. The van der Waals surface area contributed by atoms with Crippen LogP contribution in [-0.2, 0) is 25.7 Å². The van der Waals surface area contributed by atoms with Gasteiger partial charge >= 0.3 is 12.3 Å². The highest BCUT2D eigenvalue weighted by Gasteiger charge is 2.32. The fraction of sp³-hybridized carbons (Fsp3) is 0.241. The van der Waals surface area contributed by atoms with Crippen molar-refractivity contribution in [2.45, 2.75) is 31.8 Å². The van der Waals surface area contributed by atoms with Crippen molar-refractivity contribution in [1.29, 1.82) is 5.26 Å². The van der Waals surface area contributed by atoms with Crippen molar-refractivity contribution in [2.24, 2.45) is 5.92 Å². The van der Waals surface area contributed by atoms with Crippen molar-refractivity contribution in [3.8, 4) is 11.8 Å². The molecule has 232 valence electrons. The third kappa shape index (κ3) is 8.95. The summed E-state index contributed by atoms with van der Waals surface area (Å²) in [6.07, 6.45) is -5.95. The Morgan fingerprint density at radius 1 is 1.05 bits per heavy atom. The number of sulfonamides is 1. The fourth-order valence-electron chi connectivity index (χ4n) is 3.66. The number of anilines is 1. The number of nitriles is 1. The zero-order valence-electron chi connectivity index (χ0n) is 23.4. The van der Waals surface area contributed by atoms with E-state index in [4.69, 9.17) is 26.3 Å². The number of ketones is 1. The van der Waals surface area contributed by atoms with Crippen LogP contribution in [0.15, 0.2) is 59.5 Å². The van der Waals surface area contributed by atoms with Crippen molar-refractivity contribution >= 4 is 45.1 Å². The molecular formula is C29H25ClF3N3O7S. The smallest absolute Gasteiger partial charge is 0.421 e. The van der Waals surface area contributed by atoms with E-state index in [1.807, 2.05) is 0 Å². The number of aryl methyl sites for hydroxylation is 1. The number of hydrogen-bond donors (Lipinski definition) is 2. The number of ether oxygens (including phenoxy) is 2. The molecule has 0 saturated carbocycles. The van der Waals surface area contributed by atoms with E-state index in [0.717, 1.165) is 18.2 Å². The average molecular weight is 652 g/mol. The summed E-state index contributed by atoms with van der Waals surface area (Å²) in [5.74, 6) is -1.82. The Kier molecular flexibility index (Phi) is 10.6. The van der Waals surface area contributed by atoms with E-state index in [0.29, 0.717) is 17.7 Å². The molecule has 0 bridgehead atoms. The van der Waals surface area contributed by atoms with Crippen LogP contribution in [0, 0.1) is 24.2 Å². The van der Waals surface area contributed by atoms with Gasteiger partial charge in [0.15, 0.2) is 12.4 Å². The van der Waals surface area contributed by atoms with E-state index >= 15 is 0 Å².